The molecule has 2 aromatic carbocycles. The Hall–Kier alpha value is -2.18. The van der Waals surface area contributed by atoms with Gasteiger partial charge in [-0.25, -0.2) is 12.8 Å². The first-order valence-electron chi connectivity index (χ1n) is 7.62. The van der Waals surface area contributed by atoms with E-state index < -0.39 is 15.3 Å². The van der Waals surface area contributed by atoms with Crippen molar-refractivity contribution in [2.24, 2.45) is 0 Å². The Balaban J connectivity index is 1.79. The zero-order valence-electron chi connectivity index (χ0n) is 13.2. The molecule has 2 N–H and O–H groups in total. The lowest BCUT2D eigenvalue weighted by Crippen LogP contribution is -2.21. The summed E-state index contributed by atoms with van der Waals surface area (Å²) in [5.41, 5.74) is 0.874. The van der Waals surface area contributed by atoms with Crippen molar-refractivity contribution in [2.45, 2.75) is 30.1 Å². The minimum Gasteiger partial charge on any atom is -0.377 e. The van der Waals surface area contributed by atoms with E-state index >= 15 is 0 Å². The van der Waals surface area contributed by atoms with Gasteiger partial charge in [-0.3, -0.25) is 0 Å². The van der Waals surface area contributed by atoms with Gasteiger partial charge in [-0.15, -0.1) is 0 Å². The van der Waals surface area contributed by atoms with Gasteiger partial charge in [0.1, 0.15) is 5.82 Å². The molecule has 0 radical (unpaired) electrons. The number of hydrogen-bond donors (Lipinski definition) is 2. The van der Waals surface area contributed by atoms with Crippen molar-refractivity contribution in [1.82, 2.24) is 4.98 Å². The summed E-state index contributed by atoms with van der Waals surface area (Å²) in [5.74, 6) is -0.351. The van der Waals surface area contributed by atoms with Gasteiger partial charge in [-0.2, -0.15) is 0 Å². The number of halogens is 1. The van der Waals surface area contributed by atoms with Crippen LogP contribution >= 0.6 is 0 Å². The molecule has 1 heterocycles. The average Bonchev–Trinajstić information content (AvgIpc) is 2.94. The standard InChI is InChI=1S/C18H18FNO3S/c1-12-3-2-4-15(9-12)24(22,23)18(21)8-5-13-11-20-17-7-6-14(19)10-16(13)17/h2-4,6-7,9-11,18,20-21H,5,8H2,1H3. The second-order valence-electron chi connectivity index (χ2n) is 5.86. The number of rotatable bonds is 5. The summed E-state index contributed by atoms with van der Waals surface area (Å²) in [6, 6.07) is 10.9. The van der Waals surface area contributed by atoms with E-state index in [0.29, 0.717) is 11.8 Å². The van der Waals surface area contributed by atoms with E-state index in [0.717, 1.165) is 16.6 Å². The summed E-state index contributed by atoms with van der Waals surface area (Å²) < 4.78 is 38.3. The number of aliphatic hydroxyl groups is 1. The molecule has 0 spiro atoms. The third kappa shape index (κ3) is 3.20. The maximum Gasteiger partial charge on any atom is 0.204 e. The normalized spacial score (nSPS) is 13.3. The summed E-state index contributed by atoms with van der Waals surface area (Å²) in [4.78, 5) is 3.13. The lowest BCUT2D eigenvalue weighted by atomic mass is 10.1. The molecule has 126 valence electrons. The number of sulfone groups is 1. The number of aliphatic hydroxyl groups excluding tert-OH is 1. The topological polar surface area (TPSA) is 70.2 Å². The summed E-state index contributed by atoms with van der Waals surface area (Å²) in [6.07, 6.45) is 2.09. The highest BCUT2D eigenvalue weighted by molar-refractivity contribution is 7.91. The quantitative estimate of drug-likeness (QED) is 0.744. The Morgan fingerprint density at radius 3 is 2.75 bits per heavy atom. The summed E-state index contributed by atoms with van der Waals surface area (Å²) in [7, 11) is -3.80. The average molecular weight is 347 g/mol. The number of aryl methyl sites for hydroxylation is 2. The van der Waals surface area contributed by atoms with Gasteiger partial charge < -0.3 is 10.1 Å². The van der Waals surface area contributed by atoms with Crippen LogP contribution in [-0.2, 0) is 16.3 Å². The van der Waals surface area contributed by atoms with Crippen LogP contribution in [0, 0.1) is 12.7 Å². The molecule has 1 atom stereocenters. The van der Waals surface area contributed by atoms with Crippen LogP contribution in [0.5, 0.6) is 0 Å². The number of fused-ring (bicyclic) bond motifs is 1. The van der Waals surface area contributed by atoms with Crippen LogP contribution in [0.25, 0.3) is 10.9 Å². The second kappa shape index (κ2) is 6.37. The molecule has 0 bridgehead atoms. The monoisotopic (exact) mass is 347 g/mol. The van der Waals surface area contributed by atoms with Gasteiger partial charge in [0, 0.05) is 17.1 Å². The number of hydrogen-bond acceptors (Lipinski definition) is 3. The highest BCUT2D eigenvalue weighted by Crippen LogP contribution is 2.23. The number of H-pyrrole nitrogens is 1. The molecule has 0 aliphatic heterocycles. The van der Waals surface area contributed by atoms with Gasteiger partial charge in [0.25, 0.3) is 0 Å². The molecule has 24 heavy (non-hydrogen) atoms. The number of benzene rings is 2. The Morgan fingerprint density at radius 2 is 2.00 bits per heavy atom. The van der Waals surface area contributed by atoms with Crippen LogP contribution in [-0.4, -0.2) is 23.9 Å². The molecule has 0 saturated carbocycles. The first kappa shape index (κ1) is 16.7. The Labute approximate surface area is 139 Å². The molecular formula is C18H18FNO3S. The van der Waals surface area contributed by atoms with Crippen molar-refractivity contribution in [1.29, 1.82) is 0 Å². The minimum atomic E-state index is -3.80. The number of nitrogens with one attached hydrogen (secondary N) is 1. The number of aromatic nitrogens is 1. The molecule has 4 nitrogen and oxygen atoms in total. The molecule has 3 rings (SSSR count). The van der Waals surface area contributed by atoms with Gasteiger partial charge >= 0.3 is 0 Å². The van der Waals surface area contributed by atoms with Gasteiger partial charge in [0.05, 0.1) is 4.90 Å². The SMILES string of the molecule is Cc1cccc(S(=O)(=O)C(O)CCc2c[nH]c3ccc(F)cc23)c1. The van der Waals surface area contributed by atoms with E-state index in [2.05, 4.69) is 4.98 Å². The molecule has 0 amide bonds. The van der Waals surface area contributed by atoms with Crippen LogP contribution in [0.1, 0.15) is 17.5 Å². The van der Waals surface area contributed by atoms with E-state index in [-0.39, 0.29) is 17.1 Å². The summed E-state index contributed by atoms with van der Waals surface area (Å²) in [5, 5.41) is 10.9. The fraction of sp³-hybridized carbons (Fsp3) is 0.222. The second-order valence-corrected chi connectivity index (χ2v) is 7.96. The fourth-order valence-corrected chi connectivity index (χ4v) is 4.10. The van der Waals surface area contributed by atoms with Gasteiger partial charge in [0.2, 0.25) is 9.84 Å². The molecule has 1 unspecified atom stereocenters. The van der Waals surface area contributed by atoms with Crippen LogP contribution in [0.2, 0.25) is 0 Å². The first-order chi connectivity index (χ1) is 11.4. The third-order valence-electron chi connectivity index (χ3n) is 4.07. The van der Waals surface area contributed by atoms with Gasteiger partial charge in [-0.1, -0.05) is 12.1 Å². The van der Waals surface area contributed by atoms with Gasteiger partial charge in [-0.05, 0) is 61.2 Å². The first-order valence-corrected chi connectivity index (χ1v) is 9.17. The Morgan fingerprint density at radius 1 is 1.21 bits per heavy atom. The lowest BCUT2D eigenvalue weighted by molar-refractivity contribution is 0.239. The largest absolute Gasteiger partial charge is 0.377 e. The van der Waals surface area contributed by atoms with E-state index in [1.807, 2.05) is 0 Å². The maximum absolute atomic E-state index is 13.4. The molecule has 0 saturated heterocycles. The molecule has 0 aliphatic rings. The van der Waals surface area contributed by atoms with E-state index in [1.54, 1.807) is 37.4 Å². The highest BCUT2D eigenvalue weighted by Gasteiger charge is 2.25. The van der Waals surface area contributed by atoms with Crippen LogP contribution in [0.3, 0.4) is 0 Å². The lowest BCUT2D eigenvalue weighted by Gasteiger charge is -2.12. The molecule has 3 aromatic rings. The zero-order chi connectivity index (χ0) is 17.3. The Kier molecular flexibility index (Phi) is 4.43. The zero-order valence-corrected chi connectivity index (χ0v) is 14.0. The maximum atomic E-state index is 13.4. The van der Waals surface area contributed by atoms with Crippen LogP contribution in [0.4, 0.5) is 4.39 Å². The van der Waals surface area contributed by atoms with Crippen molar-refractivity contribution in [3.8, 4) is 0 Å². The summed E-state index contributed by atoms with van der Waals surface area (Å²) >= 11 is 0. The van der Waals surface area contributed by atoms with Crippen LogP contribution in [0.15, 0.2) is 53.6 Å². The predicted molar refractivity (Wildman–Crippen MR) is 90.9 cm³/mol. The summed E-state index contributed by atoms with van der Waals surface area (Å²) in [6.45, 7) is 1.80. The van der Waals surface area contributed by atoms with Crippen molar-refractivity contribution < 1.29 is 17.9 Å². The fourth-order valence-electron chi connectivity index (χ4n) is 2.74. The van der Waals surface area contributed by atoms with Crippen molar-refractivity contribution >= 4 is 20.7 Å². The third-order valence-corrected chi connectivity index (χ3v) is 5.93. The number of aromatic amines is 1. The highest BCUT2D eigenvalue weighted by atomic mass is 32.2. The van der Waals surface area contributed by atoms with Crippen molar-refractivity contribution in [2.75, 3.05) is 0 Å². The molecule has 1 aromatic heterocycles. The van der Waals surface area contributed by atoms with Crippen molar-refractivity contribution in [3.05, 3.63) is 65.6 Å². The molecular weight excluding hydrogens is 329 g/mol. The van der Waals surface area contributed by atoms with E-state index in [9.17, 15) is 17.9 Å². The molecule has 0 aliphatic carbocycles. The predicted octanol–water partition coefficient (Wildman–Crippen LogP) is 3.34. The van der Waals surface area contributed by atoms with Gasteiger partial charge in [0.15, 0.2) is 5.44 Å². The smallest absolute Gasteiger partial charge is 0.204 e. The van der Waals surface area contributed by atoms with Crippen molar-refractivity contribution in [3.63, 3.8) is 0 Å². The minimum absolute atomic E-state index is 0.0414. The Bertz CT molecular complexity index is 979. The van der Waals surface area contributed by atoms with Crippen LogP contribution < -0.4 is 0 Å². The van der Waals surface area contributed by atoms with E-state index in [1.165, 1.54) is 18.2 Å². The molecule has 6 heteroatoms. The molecule has 0 fully saturated rings. The van der Waals surface area contributed by atoms with E-state index in [4.69, 9.17) is 0 Å².